The van der Waals surface area contributed by atoms with Gasteiger partial charge >= 0.3 is 33.0 Å². The third-order valence-electron chi connectivity index (χ3n) is 5.27. The quantitative estimate of drug-likeness (QED) is 0.250. The minimum absolute atomic E-state index is 0.00918. The Kier molecular flexibility index (Phi) is 7.61. The number of aliphatic hydroxyl groups is 1. The zero-order valence-electron chi connectivity index (χ0n) is 19.1. The third-order valence-corrected chi connectivity index (χ3v) is 5.27. The normalized spacial score (nSPS) is 17.2. The Hall–Kier alpha value is -2.12. The maximum absolute atomic E-state index is 10.7. The van der Waals surface area contributed by atoms with Gasteiger partial charge in [0.15, 0.2) is 0 Å². The Morgan fingerprint density at radius 3 is 1.76 bits per heavy atom. The summed E-state index contributed by atoms with van der Waals surface area (Å²) < 4.78 is 61.5. The second kappa shape index (κ2) is 9.26. The zero-order valence-corrected chi connectivity index (χ0v) is 20.0. The number of rotatable bonds is 6. The van der Waals surface area contributed by atoms with Gasteiger partial charge in [-0.15, -0.1) is 0 Å². The van der Waals surface area contributed by atoms with Gasteiger partial charge in [-0.3, -0.25) is 4.58 Å². The van der Waals surface area contributed by atoms with Gasteiger partial charge in [0.1, 0.15) is 24.8 Å². The molecule has 0 radical (unpaired) electrons. The molecule has 0 bridgehead atoms. The molecule has 2 aromatic rings. The number of benzene rings is 2. The average Bonchev–Trinajstić information content (AvgIpc) is 3.15. The molecule has 1 heterocycles. The van der Waals surface area contributed by atoms with Crippen molar-refractivity contribution >= 4 is 19.8 Å². The van der Waals surface area contributed by atoms with Gasteiger partial charge in [-0.1, -0.05) is 76.2 Å². The summed E-state index contributed by atoms with van der Waals surface area (Å²) in [6, 6.07) is 17.0. The first-order chi connectivity index (χ1) is 15.0. The van der Waals surface area contributed by atoms with E-state index in [9.17, 15) is 30.3 Å². The molecular formula is C23H31F6N2OP. The van der Waals surface area contributed by atoms with Crippen molar-refractivity contribution in [3.63, 3.8) is 0 Å². The van der Waals surface area contributed by atoms with Crippen molar-refractivity contribution in [2.24, 2.45) is 0 Å². The van der Waals surface area contributed by atoms with E-state index in [-0.39, 0.29) is 12.6 Å². The van der Waals surface area contributed by atoms with Gasteiger partial charge in [0.2, 0.25) is 6.34 Å². The molecule has 0 fully saturated rings. The Labute approximate surface area is 190 Å². The third kappa shape index (κ3) is 8.97. The molecule has 3 nitrogen and oxygen atoms in total. The molecule has 186 valence electrons. The van der Waals surface area contributed by atoms with E-state index < -0.39 is 7.81 Å². The molecule has 2 aromatic carbocycles. The predicted octanol–water partition coefficient (Wildman–Crippen LogP) is 7.91. The summed E-state index contributed by atoms with van der Waals surface area (Å²) in [5, 5.41) is 10.0. The van der Waals surface area contributed by atoms with Gasteiger partial charge < -0.3 is 5.11 Å². The summed E-state index contributed by atoms with van der Waals surface area (Å²) >= 11 is 0. The van der Waals surface area contributed by atoms with Crippen molar-refractivity contribution in [1.29, 1.82) is 0 Å². The molecule has 0 spiro atoms. The van der Waals surface area contributed by atoms with E-state index in [0.717, 1.165) is 18.7 Å². The molecule has 10 heteroatoms. The van der Waals surface area contributed by atoms with E-state index in [4.69, 9.17) is 0 Å². The monoisotopic (exact) mass is 496 g/mol. The van der Waals surface area contributed by atoms with Crippen LogP contribution in [0.25, 0.3) is 0 Å². The van der Waals surface area contributed by atoms with Crippen molar-refractivity contribution in [3.05, 3.63) is 65.2 Å². The number of anilines is 1. The van der Waals surface area contributed by atoms with Crippen molar-refractivity contribution in [1.82, 2.24) is 0 Å². The first kappa shape index (κ1) is 27.1. The molecular weight excluding hydrogens is 465 g/mol. The fourth-order valence-electron chi connectivity index (χ4n) is 3.84. The second-order valence-corrected chi connectivity index (χ2v) is 10.6. The van der Waals surface area contributed by atoms with Crippen LogP contribution in [-0.4, -0.2) is 35.7 Å². The van der Waals surface area contributed by atoms with Crippen LogP contribution in [0.2, 0.25) is 0 Å². The number of para-hydroxylation sites is 1. The summed E-state index contributed by atoms with van der Waals surface area (Å²) in [5.74, 6) is 0.961. The maximum atomic E-state index is 10.0. The SMILES string of the molecule is CC(C)c1cccc(C(C)C)c1N1C=[N+](C(CO)c2ccccc2)CC1.F[P-](F)(F)(F)(F)F. The fraction of sp³-hybridized carbons (Fsp3) is 0.435. The van der Waals surface area contributed by atoms with E-state index in [1.807, 2.05) is 18.2 Å². The van der Waals surface area contributed by atoms with Crippen LogP contribution in [0.4, 0.5) is 30.9 Å². The van der Waals surface area contributed by atoms with Crippen LogP contribution < -0.4 is 4.90 Å². The van der Waals surface area contributed by atoms with E-state index in [0.29, 0.717) is 11.8 Å². The second-order valence-electron chi connectivity index (χ2n) is 8.71. The summed E-state index contributed by atoms with van der Waals surface area (Å²) in [7, 11) is -10.7. The number of nitrogens with zero attached hydrogens (tertiary/aromatic N) is 2. The van der Waals surface area contributed by atoms with Crippen LogP contribution in [0.5, 0.6) is 0 Å². The number of hydrogen-bond acceptors (Lipinski definition) is 2. The van der Waals surface area contributed by atoms with Gasteiger partial charge in [0.05, 0.1) is 6.61 Å². The van der Waals surface area contributed by atoms with Gasteiger partial charge in [-0.2, -0.15) is 0 Å². The summed E-state index contributed by atoms with van der Waals surface area (Å²) in [4.78, 5) is 2.39. The molecule has 1 N–H and O–H groups in total. The van der Waals surface area contributed by atoms with Crippen LogP contribution in [0.3, 0.4) is 0 Å². The Balaban J connectivity index is 0.000000479. The Morgan fingerprint density at radius 2 is 1.33 bits per heavy atom. The molecule has 0 aromatic heterocycles. The van der Waals surface area contributed by atoms with Crippen LogP contribution in [0, 0.1) is 0 Å². The van der Waals surface area contributed by atoms with Crippen LogP contribution >= 0.6 is 7.81 Å². The molecule has 0 amide bonds. The molecule has 0 saturated heterocycles. The number of aliphatic hydroxyl groups excluding tert-OH is 1. The molecule has 1 aliphatic heterocycles. The van der Waals surface area contributed by atoms with Gasteiger partial charge in [-0.25, -0.2) is 4.90 Å². The number of halogens is 6. The Morgan fingerprint density at radius 1 is 0.848 bits per heavy atom. The van der Waals surface area contributed by atoms with Gasteiger partial charge in [0.25, 0.3) is 0 Å². The van der Waals surface area contributed by atoms with Crippen LogP contribution in [-0.2, 0) is 0 Å². The minimum atomic E-state index is -10.7. The predicted molar refractivity (Wildman–Crippen MR) is 123 cm³/mol. The van der Waals surface area contributed by atoms with E-state index >= 15 is 0 Å². The fourth-order valence-corrected chi connectivity index (χ4v) is 3.84. The molecule has 1 unspecified atom stereocenters. The van der Waals surface area contributed by atoms with Crippen LogP contribution in [0.1, 0.15) is 62.3 Å². The van der Waals surface area contributed by atoms with Crippen LogP contribution in [0.15, 0.2) is 48.5 Å². The van der Waals surface area contributed by atoms with Crippen molar-refractivity contribution in [3.8, 4) is 0 Å². The number of hydrogen-bond donors (Lipinski definition) is 1. The first-order valence-corrected chi connectivity index (χ1v) is 12.7. The standard InChI is InChI=1S/C23H31N2O.F6P/c1-17(2)20-11-8-12-21(18(3)4)23(20)25-14-13-24(16-25)22(15-26)19-9-6-5-7-10-19;1-7(2,3,4,5)6/h5-12,16-18,22,26H,13-15H2,1-4H3;/q+1;-1. The van der Waals surface area contributed by atoms with E-state index in [1.165, 1.54) is 16.8 Å². The van der Waals surface area contributed by atoms with Crippen molar-refractivity contribution < 1.29 is 34.9 Å². The van der Waals surface area contributed by atoms with Gasteiger partial charge in [0, 0.05) is 11.1 Å². The zero-order chi connectivity index (χ0) is 25.1. The molecule has 0 saturated carbocycles. The molecule has 0 aliphatic carbocycles. The first-order valence-electron chi connectivity index (χ1n) is 10.7. The van der Waals surface area contributed by atoms with Crippen molar-refractivity contribution in [2.75, 3.05) is 24.6 Å². The Bertz CT molecular complexity index is 938. The van der Waals surface area contributed by atoms with E-state index in [2.05, 4.69) is 73.8 Å². The van der Waals surface area contributed by atoms with E-state index in [1.54, 1.807) is 0 Å². The van der Waals surface area contributed by atoms with Crippen molar-refractivity contribution in [2.45, 2.75) is 45.6 Å². The van der Waals surface area contributed by atoms with Gasteiger partial charge in [-0.05, 0) is 17.4 Å². The molecule has 33 heavy (non-hydrogen) atoms. The average molecular weight is 496 g/mol. The summed E-state index contributed by atoms with van der Waals surface area (Å²) in [6.07, 6.45) is 2.21. The molecule has 3 rings (SSSR count). The molecule has 1 atom stereocenters. The summed E-state index contributed by atoms with van der Waals surface area (Å²) in [5.41, 5.74) is 5.31. The molecule has 1 aliphatic rings. The topological polar surface area (TPSA) is 26.5 Å². The summed E-state index contributed by atoms with van der Waals surface area (Å²) in [6.45, 7) is 11.0.